The summed E-state index contributed by atoms with van der Waals surface area (Å²) in [6.45, 7) is 0.155. The quantitative estimate of drug-likeness (QED) is 0.869. The maximum absolute atomic E-state index is 12.5. The fourth-order valence-corrected chi connectivity index (χ4v) is 5.03. The molecule has 1 unspecified atom stereocenters. The number of aryl methyl sites for hydroxylation is 1. The Bertz CT molecular complexity index is 522. The van der Waals surface area contributed by atoms with E-state index in [2.05, 4.69) is 0 Å². The molecule has 6 heteroatoms. The lowest BCUT2D eigenvalue weighted by molar-refractivity contribution is 0.288. The van der Waals surface area contributed by atoms with E-state index < -0.39 is 10.0 Å². The van der Waals surface area contributed by atoms with Crippen LogP contribution in [0.5, 0.6) is 0 Å². The molecule has 1 N–H and O–H groups in total. The normalized spacial score (nSPS) is 19.6. The molecule has 1 aliphatic heterocycles. The molecule has 112 valence electrons. The summed E-state index contributed by atoms with van der Waals surface area (Å²) in [5.74, 6) is 1.91. The highest BCUT2D eigenvalue weighted by molar-refractivity contribution is 7.99. The average molecular weight is 315 g/mol. The number of nitrogens with zero attached hydrogens (tertiary/aromatic N) is 1. The van der Waals surface area contributed by atoms with Gasteiger partial charge in [0, 0.05) is 25.4 Å². The molecule has 4 nitrogen and oxygen atoms in total. The second kappa shape index (κ2) is 6.93. The summed E-state index contributed by atoms with van der Waals surface area (Å²) in [4.78, 5) is 0.352. The molecule has 0 bridgehead atoms. The summed E-state index contributed by atoms with van der Waals surface area (Å²) in [5, 5.41) is 8.80. The topological polar surface area (TPSA) is 57.6 Å². The summed E-state index contributed by atoms with van der Waals surface area (Å²) < 4.78 is 26.6. The van der Waals surface area contributed by atoms with Gasteiger partial charge in [-0.25, -0.2) is 8.42 Å². The van der Waals surface area contributed by atoms with Gasteiger partial charge in [-0.05, 0) is 42.7 Å². The molecule has 0 radical (unpaired) electrons. The zero-order valence-corrected chi connectivity index (χ0v) is 13.3. The van der Waals surface area contributed by atoms with Crippen LogP contribution < -0.4 is 0 Å². The molecule has 2 rings (SSSR count). The van der Waals surface area contributed by atoms with Crippen molar-refractivity contribution in [2.45, 2.75) is 30.2 Å². The van der Waals surface area contributed by atoms with Crippen LogP contribution in [0.4, 0.5) is 0 Å². The monoisotopic (exact) mass is 315 g/mol. The summed E-state index contributed by atoms with van der Waals surface area (Å²) in [6.07, 6.45) is 2.40. The zero-order chi connectivity index (χ0) is 14.6. The predicted molar refractivity (Wildman–Crippen MR) is 82.5 cm³/mol. The summed E-state index contributed by atoms with van der Waals surface area (Å²) in [7, 11) is -1.72. The van der Waals surface area contributed by atoms with E-state index in [4.69, 9.17) is 5.11 Å². The molecule has 1 saturated heterocycles. The number of sulfonamides is 1. The van der Waals surface area contributed by atoms with Gasteiger partial charge in [-0.3, -0.25) is 0 Å². The molecule has 0 aliphatic carbocycles. The third-order valence-electron chi connectivity index (χ3n) is 3.64. The molecule has 20 heavy (non-hydrogen) atoms. The average Bonchev–Trinajstić information content (AvgIpc) is 2.98. The van der Waals surface area contributed by atoms with Crippen LogP contribution in [0.3, 0.4) is 0 Å². The van der Waals surface area contributed by atoms with E-state index in [1.165, 1.54) is 4.31 Å². The Balaban J connectivity index is 2.12. The first kappa shape index (κ1) is 15.8. The highest BCUT2D eigenvalue weighted by Crippen LogP contribution is 2.26. The largest absolute Gasteiger partial charge is 0.396 e. The van der Waals surface area contributed by atoms with Gasteiger partial charge in [-0.1, -0.05) is 12.1 Å². The Labute approximate surface area is 125 Å². The van der Waals surface area contributed by atoms with Gasteiger partial charge in [0.15, 0.2) is 0 Å². The Morgan fingerprint density at radius 1 is 1.35 bits per heavy atom. The van der Waals surface area contributed by atoms with Gasteiger partial charge in [-0.15, -0.1) is 0 Å². The maximum atomic E-state index is 12.5. The van der Waals surface area contributed by atoms with Crippen LogP contribution in [-0.4, -0.2) is 49.0 Å². The number of hydrogen-bond acceptors (Lipinski definition) is 4. The minimum atomic E-state index is -3.39. The zero-order valence-electron chi connectivity index (χ0n) is 11.7. The van der Waals surface area contributed by atoms with Crippen LogP contribution in [0.1, 0.15) is 18.4 Å². The minimum Gasteiger partial charge on any atom is -0.396 e. The molecule has 0 amide bonds. The fraction of sp³-hybridized carbons (Fsp3) is 0.571. The van der Waals surface area contributed by atoms with Crippen molar-refractivity contribution < 1.29 is 13.5 Å². The fourth-order valence-electron chi connectivity index (χ4n) is 2.28. The van der Waals surface area contributed by atoms with Gasteiger partial charge in [0.2, 0.25) is 10.0 Å². The molecule has 0 aromatic heterocycles. The molecule has 1 aromatic carbocycles. The van der Waals surface area contributed by atoms with E-state index in [-0.39, 0.29) is 12.6 Å². The first-order valence-corrected chi connectivity index (χ1v) is 9.41. The molecule has 0 spiro atoms. The molecule has 1 aromatic rings. The van der Waals surface area contributed by atoms with Gasteiger partial charge >= 0.3 is 0 Å². The highest BCUT2D eigenvalue weighted by Gasteiger charge is 2.30. The lowest BCUT2D eigenvalue weighted by Crippen LogP contribution is -2.36. The van der Waals surface area contributed by atoms with Crippen molar-refractivity contribution in [2.24, 2.45) is 0 Å². The third kappa shape index (κ3) is 3.55. The first-order chi connectivity index (χ1) is 9.55. The van der Waals surface area contributed by atoms with Crippen molar-refractivity contribution in [3.05, 3.63) is 29.8 Å². The first-order valence-electron chi connectivity index (χ1n) is 6.81. The molecular weight excluding hydrogens is 294 g/mol. The second-order valence-corrected chi connectivity index (χ2v) is 8.16. The van der Waals surface area contributed by atoms with Gasteiger partial charge in [0.25, 0.3) is 0 Å². The van der Waals surface area contributed by atoms with E-state index >= 15 is 0 Å². The van der Waals surface area contributed by atoms with Crippen molar-refractivity contribution in [3.63, 3.8) is 0 Å². The summed E-state index contributed by atoms with van der Waals surface area (Å²) in [6, 6.07) is 7.11. The van der Waals surface area contributed by atoms with Gasteiger partial charge in [0.1, 0.15) is 0 Å². The van der Waals surface area contributed by atoms with E-state index in [1.807, 2.05) is 12.1 Å². The van der Waals surface area contributed by atoms with Crippen LogP contribution in [0.15, 0.2) is 29.2 Å². The Morgan fingerprint density at radius 3 is 2.60 bits per heavy atom. The minimum absolute atomic E-state index is 0.110. The standard InChI is InChI=1S/C14H21NO3S2/c1-15(13-8-10-19-11-13)20(17,18)14-6-4-12(5-7-14)3-2-9-16/h4-7,13,16H,2-3,8-11H2,1H3. The summed E-state index contributed by atoms with van der Waals surface area (Å²) in [5.41, 5.74) is 1.05. The number of thioether (sulfide) groups is 1. The maximum Gasteiger partial charge on any atom is 0.243 e. The third-order valence-corrected chi connectivity index (χ3v) is 6.71. The number of aliphatic hydroxyl groups is 1. The van der Waals surface area contributed by atoms with Crippen molar-refractivity contribution in [2.75, 3.05) is 25.2 Å². The number of hydrogen-bond donors (Lipinski definition) is 1. The SMILES string of the molecule is CN(C1CCSC1)S(=O)(=O)c1ccc(CCCO)cc1. The number of aliphatic hydroxyl groups excluding tert-OH is 1. The van der Waals surface area contributed by atoms with E-state index in [0.717, 1.165) is 29.9 Å². The molecule has 0 saturated carbocycles. The number of benzene rings is 1. The molecule has 1 atom stereocenters. The lowest BCUT2D eigenvalue weighted by atomic mass is 10.1. The molecule has 1 fully saturated rings. The van der Waals surface area contributed by atoms with Crippen molar-refractivity contribution >= 4 is 21.8 Å². The van der Waals surface area contributed by atoms with Crippen molar-refractivity contribution in [1.82, 2.24) is 4.31 Å². The lowest BCUT2D eigenvalue weighted by Gasteiger charge is -2.23. The second-order valence-electron chi connectivity index (χ2n) is 5.01. The smallest absolute Gasteiger partial charge is 0.243 e. The van der Waals surface area contributed by atoms with Crippen molar-refractivity contribution in [1.29, 1.82) is 0 Å². The van der Waals surface area contributed by atoms with E-state index in [0.29, 0.717) is 11.3 Å². The van der Waals surface area contributed by atoms with Crippen LogP contribution in [0, 0.1) is 0 Å². The van der Waals surface area contributed by atoms with Crippen LogP contribution in [-0.2, 0) is 16.4 Å². The Morgan fingerprint density at radius 2 is 2.05 bits per heavy atom. The molecular formula is C14H21NO3S2. The Kier molecular flexibility index (Phi) is 5.49. The number of rotatable bonds is 6. The van der Waals surface area contributed by atoms with Gasteiger partial charge in [0.05, 0.1) is 4.90 Å². The van der Waals surface area contributed by atoms with Gasteiger partial charge in [-0.2, -0.15) is 16.1 Å². The van der Waals surface area contributed by atoms with Crippen LogP contribution in [0.2, 0.25) is 0 Å². The van der Waals surface area contributed by atoms with Crippen LogP contribution in [0.25, 0.3) is 0 Å². The van der Waals surface area contributed by atoms with Gasteiger partial charge < -0.3 is 5.11 Å². The molecule has 1 aliphatic rings. The predicted octanol–water partition coefficient (Wildman–Crippen LogP) is 1.74. The highest BCUT2D eigenvalue weighted by atomic mass is 32.2. The van der Waals surface area contributed by atoms with Crippen molar-refractivity contribution in [3.8, 4) is 0 Å². The Hall–Kier alpha value is -0.560. The van der Waals surface area contributed by atoms with E-state index in [1.54, 1.807) is 30.9 Å². The summed E-state index contributed by atoms with van der Waals surface area (Å²) >= 11 is 1.80. The van der Waals surface area contributed by atoms with E-state index in [9.17, 15) is 8.42 Å². The van der Waals surface area contributed by atoms with Crippen LogP contribution >= 0.6 is 11.8 Å². The molecule has 1 heterocycles.